The zero-order valence-electron chi connectivity index (χ0n) is 16.1. The van der Waals surface area contributed by atoms with Crippen LogP contribution in [0.5, 0.6) is 0 Å². The molecule has 136 valence electrons. The van der Waals surface area contributed by atoms with E-state index < -0.39 is 0 Å². The first kappa shape index (κ1) is 20.2. The summed E-state index contributed by atoms with van der Waals surface area (Å²) in [6.07, 6.45) is 3.69. The van der Waals surface area contributed by atoms with E-state index in [0.29, 0.717) is 12.1 Å². The fourth-order valence-electron chi connectivity index (χ4n) is 3.32. The molecule has 0 aromatic heterocycles. The minimum absolute atomic E-state index is 0.492. The van der Waals surface area contributed by atoms with E-state index in [0.717, 1.165) is 32.1 Å². The minimum atomic E-state index is 0.492. The number of nitrogens with zero attached hydrogens (tertiary/aromatic N) is 3. The van der Waals surface area contributed by atoms with Crippen LogP contribution in [0, 0.1) is 0 Å². The van der Waals surface area contributed by atoms with Gasteiger partial charge in [0.25, 0.3) is 0 Å². The summed E-state index contributed by atoms with van der Waals surface area (Å²) in [6.45, 7) is 18.7. The van der Waals surface area contributed by atoms with Gasteiger partial charge >= 0.3 is 0 Å². The number of guanidine groups is 1. The summed E-state index contributed by atoms with van der Waals surface area (Å²) in [5.41, 5.74) is 0. The molecule has 2 N–H and O–H groups in total. The molecule has 0 amide bonds. The van der Waals surface area contributed by atoms with Gasteiger partial charge in [0, 0.05) is 31.7 Å². The Kier molecular flexibility index (Phi) is 10.3. The molecule has 1 aliphatic heterocycles. The molecule has 0 bridgehead atoms. The molecule has 23 heavy (non-hydrogen) atoms. The second-order valence-electron chi connectivity index (χ2n) is 6.55. The van der Waals surface area contributed by atoms with Crippen LogP contribution in [0.15, 0.2) is 4.99 Å². The van der Waals surface area contributed by atoms with Gasteiger partial charge in [-0.2, -0.15) is 0 Å². The molecule has 0 spiro atoms. The Balaban J connectivity index is 2.46. The molecule has 0 radical (unpaired) electrons. The third kappa shape index (κ3) is 7.53. The summed E-state index contributed by atoms with van der Waals surface area (Å²) in [4.78, 5) is 9.85. The number of rotatable bonds is 9. The van der Waals surface area contributed by atoms with Gasteiger partial charge in [0.05, 0.1) is 6.54 Å². The molecule has 1 saturated heterocycles. The lowest BCUT2D eigenvalue weighted by atomic mass is 10.1. The minimum Gasteiger partial charge on any atom is -0.357 e. The van der Waals surface area contributed by atoms with Crippen molar-refractivity contribution in [2.24, 2.45) is 4.99 Å². The van der Waals surface area contributed by atoms with Crippen molar-refractivity contribution in [3.05, 3.63) is 0 Å². The van der Waals surface area contributed by atoms with Crippen LogP contribution in [0.4, 0.5) is 0 Å². The lowest BCUT2D eigenvalue weighted by Gasteiger charge is -2.33. The van der Waals surface area contributed by atoms with Crippen LogP contribution >= 0.6 is 0 Å². The van der Waals surface area contributed by atoms with E-state index in [1.807, 2.05) is 0 Å². The topological polar surface area (TPSA) is 42.9 Å². The molecule has 0 aromatic rings. The highest BCUT2D eigenvalue weighted by Gasteiger charge is 2.19. The van der Waals surface area contributed by atoms with Gasteiger partial charge in [-0.1, -0.05) is 20.8 Å². The highest BCUT2D eigenvalue weighted by molar-refractivity contribution is 5.80. The van der Waals surface area contributed by atoms with Crippen LogP contribution in [-0.2, 0) is 0 Å². The van der Waals surface area contributed by atoms with Gasteiger partial charge in [0.1, 0.15) is 0 Å². The third-order valence-corrected chi connectivity index (χ3v) is 4.76. The second-order valence-corrected chi connectivity index (χ2v) is 6.55. The number of hydrogen-bond donors (Lipinski definition) is 2. The van der Waals surface area contributed by atoms with E-state index in [1.165, 1.54) is 38.9 Å². The van der Waals surface area contributed by atoms with Gasteiger partial charge in [-0.25, -0.2) is 0 Å². The predicted molar refractivity (Wildman–Crippen MR) is 101 cm³/mol. The predicted octanol–water partition coefficient (Wildman–Crippen LogP) is 2.15. The fourth-order valence-corrected chi connectivity index (χ4v) is 3.32. The monoisotopic (exact) mass is 325 g/mol. The van der Waals surface area contributed by atoms with Crippen LogP contribution in [0.1, 0.15) is 53.9 Å². The maximum Gasteiger partial charge on any atom is 0.191 e. The van der Waals surface area contributed by atoms with Crippen molar-refractivity contribution in [3.63, 3.8) is 0 Å². The van der Waals surface area contributed by atoms with E-state index in [2.05, 4.69) is 55.1 Å². The molecule has 1 heterocycles. The number of likely N-dealkylation sites (tertiary alicyclic amines) is 1. The third-order valence-electron chi connectivity index (χ3n) is 4.76. The summed E-state index contributed by atoms with van der Waals surface area (Å²) < 4.78 is 0. The Bertz CT molecular complexity index is 319. The van der Waals surface area contributed by atoms with Crippen molar-refractivity contribution in [1.82, 2.24) is 20.4 Å². The number of aliphatic imine (C=N–C) groups is 1. The van der Waals surface area contributed by atoms with Crippen molar-refractivity contribution in [1.29, 1.82) is 0 Å². The Hall–Kier alpha value is -0.810. The first-order valence-corrected chi connectivity index (χ1v) is 9.65. The summed E-state index contributed by atoms with van der Waals surface area (Å²) >= 11 is 0. The van der Waals surface area contributed by atoms with Gasteiger partial charge < -0.3 is 15.5 Å². The van der Waals surface area contributed by atoms with Crippen LogP contribution in [-0.4, -0.2) is 73.7 Å². The first-order valence-electron chi connectivity index (χ1n) is 9.65. The Morgan fingerprint density at radius 2 is 1.83 bits per heavy atom. The van der Waals surface area contributed by atoms with Crippen molar-refractivity contribution in [3.8, 4) is 0 Å². The van der Waals surface area contributed by atoms with Crippen LogP contribution in [0.2, 0.25) is 0 Å². The summed E-state index contributed by atoms with van der Waals surface area (Å²) in [5, 5.41) is 7.05. The molecule has 1 unspecified atom stereocenters. The maximum absolute atomic E-state index is 4.82. The summed E-state index contributed by atoms with van der Waals surface area (Å²) in [6, 6.07) is 1.05. The van der Waals surface area contributed by atoms with Gasteiger partial charge in [-0.05, 0) is 52.7 Å². The van der Waals surface area contributed by atoms with Crippen molar-refractivity contribution >= 4 is 5.96 Å². The molecule has 0 aromatic carbocycles. The van der Waals surface area contributed by atoms with E-state index in [9.17, 15) is 0 Å². The molecular formula is C18H39N5. The standard InChI is InChI=1S/C18H39N5/c1-6-12-22-13-10-17(11-14-22)21-18(19-7-2)20-15-16(5)23(8-3)9-4/h16-17H,6-15H2,1-5H3,(H2,19,20,21). The van der Waals surface area contributed by atoms with Crippen molar-refractivity contribution < 1.29 is 0 Å². The van der Waals surface area contributed by atoms with Gasteiger partial charge in [0.2, 0.25) is 0 Å². The average molecular weight is 326 g/mol. The second kappa shape index (κ2) is 11.7. The molecule has 0 aliphatic carbocycles. The largest absolute Gasteiger partial charge is 0.357 e. The van der Waals surface area contributed by atoms with Crippen LogP contribution in [0.25, 0.3) is 0 Å². The summed E-state index contributed by atoms with van der Waals surface area (Å²) in [5.74, 6) is 0.987. The zero-order valence-corrected chi connectivity index (χ0v) is 16.1. The lowest BCUT2D eigenvalue weighted by Crippen LogP contribution is -2.49. The Labute approximate surface area is 143 Å². The van der Waals surface area contributed by atoms with Gasteiger partial charge in [0.15, 0.2) is 5.96 Å². The van der Waals surface area contributed by atoms with Crippen molar-refractivity contribution in [2.75, 3.05) is 45.8 Å². The van der Waals surface area contributed by atoms with Gasteiger partial charge in [-0.15, -0.1) is 0 Å². The Morgan fingerprint density at radius 1 is 1.17 bits per heavy atom. The lowest BCUT2D eigenvalue weighted by molar-refractivity contribution is 0.206. The molecule has 1 fully saturated rings. The van der Waals surface area contributed by atoms with Gasteiger partial charge in [-0.3, -0.25) is 9.89 Å². The maximum atomic E-state index is 4.82. The fraction of sp³-hybridized carbons (Fsp3) is 0.944. The highest BCUT2D eigenvalue weighted by atomic mass is 15.2. The quantitative estimate of drug-likeness (QED) is 0.503. The molecule has 1 atom stereocenters. The molecule has 0 saturated carbocycles. The van der Waals surface area contributed by atoms with Crippen LogP contribution in [0.3, 0.4) is 0 Å². The molecular weight excluding hydrogens is 286 g/mol. The molecule has 5 heteroatoms. The molecule has 1 rings (SSSR count). The van der Waals surface area contributed by atoms with E-state index >= 15 is 0 Å². The van der Waals surface area contributed by atoms with Crippen molar-refractivity contribution in [2.45, 2.75) is 66.0 Å². The van der Waals surface area contributed by atoms with E-state index in [4.69, 9.17) is 4.99 Å². The first-order chi connectivity index (χ1) is 11.1. The van der Waals surface area contributed by atoms with E-state index in [-0.39, 0.29) is 0 Å². The zero-order chi connectivity index (χ0) is 17.1. The SMILES string of the molecule is CCCN1CCC(NC(=NCC(C)N(CC)CC)NCC)CC1. The number of nitrogens with one attached hydrogen (secondary N) is 2. The van der Waals surface area contributed by atoms with Crippen LogP contribution < -0.4 is 10.6 Å². The number of likely N-dealkylation sites (N-methyl/N-ethyl adjacent to an activating group) is 1. The summed E-state index contributed by atoms with van der Waals surface area (Å²) in [7, 11) is 0. The Morgan fingerprint density at radius 3 is 2.35 bits per heavy atom. The molecule has 5 nitrogen and oxygen atoms in total. The molecule has 1 aliphatic rings. The normalized spacial score (nSPS) is 19.1. The number of piperidine rings is 1. The average Bonchev–Trinajstić information content (AvgIpc) is 2.56. The highest BCUT2D eigenvalue weighted by Crippen LogP contribution is 2.10. The van der Waals surface area contributed by atoms with E-state index in [1.54, 1.807) is 0 Å². The smallest absolute Gasteiger partial charge is 0.191 e. The number of hydrogen-bond acceptors (Lipinski definition) is 3.